The average molecular weight is 359 g/mol. The van der Waals surface area contributed by atoms with Crippen molar-refractivity contribution in [2.75, 3.05) is 0 Å². The van der Waals surface area contributed by atoms with E-state index in [9.17, 15) is 0 Å². The largest absolute Gasteiger partial charge is 0 e. The Hall–Kier alpha value is 2.89. The fourth-order valence-corrected chi connectivity index (χ4v) is 0. The van der Waals surface area contributed by atoms with Crippen LogP contribution in [0.2, 0.25) is 0 Å². The Bertz CT molecular complexity index is 7.61. The van der Waals surface area contributed by atoms with Gasteiger partial charge in [-0.1, -0.05) is 0 Å². The van der Waals surface area contributed by atoms with E-state index in [1.165, 1.54) is 0 Å². The first-order chi connectivity index (χ1) is 0. The second-order valence-corrected chi connectivity index (χ2v) is 0. The molecule has 0 aromatic carbocycles. The molecule has 0 aliphatic rings. The van der Waals surface area contributed by atoms with Gasteiger partial charge in [-0.25, -0.2) is 0 Å². The predicted molar refractivity (Wildman–Crippen MR) is 5.75 cm³/mol. The molecule has 0 saturated heterocycles. The van der Waals surface area contributed by atoms with E-state index in [2.05, 4.69) is 0 Å². The van der Waals surface area contributed by atoms with Crippen molar-refractivity contribution in [2.24, 2.45) is 0 Å². The third-order valence-electron chi connectivity index (χ3n) is 0. The van der Waals surface area contributed by atoms with Crippen LogP contribution in [0.4, 0.5) is 0 Å². The molecule has 0 aromatic rings. The molecule has 40 valence electrons. The van der Waals surface area contributed by atoms with Crippen molar-refractivity contribution in [3.63, 3.8) is 0 Å². The molecule has 4 radical (unpaired) electrons. The van der Waals surface area contributed by atoms with E-state index in [4.69, 9.17) is 0 Å². The van der Waals surface area contributed by atoms with Gasteiger partial charge >= 0.3 is 0 Å². The monoisotopic (exact) mass is 360 g/mol. The van der Waals surface area contributed by atoms with Crippen LogP contribution in [0.5, 0.6) is 0 Å². The molecular weight excluding hydrogens is 359 g/mol. The van der Waals surface area contributed by atoms with E-state index in [0.29, 0.717) is 0 Å². The number of hydrogen-bond donors (Lipinski definition) is 0. The molecule has 0 aliphatic heterocycles. The molecule has 0 amide bonds. The SMILES string of the molecule is [Cr].[Cr].[Cu].[Cu].[Te]. The topological polar surface area (TPSA) is 0 Å². The van der Waals surface area contributed by atoms with E-state index in [0.717, 1.165) is 0 Å². The molecule has 0 aliphatic carbocycles. The maximum atomic E-state index is 0. The van der Waals surface area contributed by atoms with Gasteiger partial charge in [-0.2, -0.15) is 0 Å². The predicted octanol–water partition coefficient (Wildman–Crippen LogP) is -0.391. The van der Waals surface area contributed by atoms with Gasteiger partial charge in [-0.15, -0.1) is 0 Å². The maximum absolute atomic E-state index is 0. The zero-order valence-electron chi connectivity index (χ0n) is 1.83. The summed E-state index contributed by atoms with van der Waals surface area (Å²) < 4.78 is 0. The third kappa shape index (κ3) is 19.7. The normalized spacial score (nSPS) is 0. The number of rotatable bonds is 0. The molecule has 0 aromatic heterocycles. The van der Waals surface area contributed by atoms with Crippen LogP contribution in [0, 0.1) is 0 Å². The first kappa shape index (κ1) is 44.8. The molecule has 0 bridgehead atoms. The van der Waals surface area contributed by atoms with Crippen LogP contribution in [0.15, 0.2) is 0 Å². The molecular formula is Cr2Cu2Te. The summed E-state index contributed by atoms with van der Waals surface area (Å²) in [4.78, 5) is 0. The maximum Gasteiger partial charge on any atom is 0 e. The Morgan fingerprint density at radius 1 is 0.600 bits per heavy atom. The molecule has 0 nitrogen and oxygen atoms in total. The van der Waals surface area contributed by atoms with Crippen LogP contribution >= 0.6 is 0 Å². The van der Waals surface area contributed by atoms with Gasteiger partial charge in [0, 0.05) is 92.5 Å². The zero-order valence-corrected chi connectivity index (χ0v) is 8.59. The van der Waals surface area contributed by atoms with Crippen molar-refractivity contribution in [3.8, 4) is 0 Å². The van der Waals surface area contributed by atoms with Crippen molar-refractivity contribution < 1.29 is 68.9 Å². The second kappa shape index (κ2) is 28.6. The fourth-order valence-electron chi connectivity index (χ4n) is 0. The summed E-state index contributed by atoms with van der Waals surface area (Å²) in [6.45, 7) is 0. The average Bonchev–Trinajstić information content (AvgIpc) is 0. The smallest absolute Gasteiger partial charge is 0 e. The van der Waals surface area contributed by atoms with Crippen molar-refractivity contribution >= 4 is 23.7 Å². The van der Waals surface area contributed by atoms with E-state index in [1.54, 1.807) is 0 Å². The molecule has 0 atom stereocenters. The van der Waals surface area contributed by atoms with Gasteiger partial charge in [-0.3, -0.25) is 0 Å². The van der Waals surface area contributed by atoms with Gasteiger partial charge in [-0.05, 0) is 0 Å². The zero-order chi connectivity index (χ0) is 0. The Morgan fingerprint density at radius 3 is 0.600 bits per heavy atom. The molecule has 0 saturated carbocycles. The molecule has 0 heterocycles. The molecule has 5 heteroatoms. The molecule has 0 N–H and O–H groups in total. The first-order valence-electron chi connectivity index (χ1n) is 0. The van der Waals surface area contributed by atoms with E-state index >= 15 is 0 Å². The van der Waals surface area contributed by atoms with Crippen molar-refractivity contribution in [1.29, 1.82) is 0 Å². The summed E-state index contributed by atoms with van der Waals surface area (Å²) in [6.07, 6.45) is 0. The summed E-state index contributed by atoms with van der Waals surface area (Å²) >= 11 is 0. The van der Waals surface area contributed by atoms with Crippen LogP contribution in [0.3, 0.4) is 0 Å². The first-order valence-corrected chi connectivity index (χ1v) is 0. The van der Waals surface area contributed by atoms with Gasteiger partial charge in [0.15, 0.2) is 0 Å². The van der Waals surface area contributed by atoms with Gasteiger partial charge in [0.1, 0.15) is 0 Å². The Balaban J connectivity index is 0. The standard InChI is InChI=1S/2Cr.2Cu.Te. The van der Waals surface area contributed by atoms with Crippen molar-refractivity contribution in [2.45, 2.75) is 0 Å². The van der Waals surface area contributed by atoms with E-state index in [1.807, 2.05) is 0 Å². The third-order valence-corrected chi connectivity index (χ3v) is 0. The second-order valence-electron chi connectivity index (χ2n) is 0. The quantitative estimate of drug-likeness (QED) is 0.518. The molecule has 0 fully saturated rings. The van der Waals surface area contributed by atoms with Crippen molar-refractivity contribution in [3.05, 3.63) is 0 Å². The van der Waals surface area contributed by atoms with Crippen LogP contribution in [-0.2, 0) is 68.9 Å². The van der Waals surface area contributed by atoms with Crippen molar-refractivity contribution in [1.82, 2.24) is 0 Å². The minimum atomic E-state index is 0. The molecule has 0 rings (SSSR count). The Labute approximate surface area is 91.2 Å². The van der Waals surface area contributed by atoms with Crippen LogP contribution < -0.4 is 0 Å². The summed E-state index contributed by atoms with van der Waals surface area (Å²) in [5.74, 6) is 0. The van der Waals surface area contributed by atoms with Gasteiger partial charge < -0.3 is 0 Å². The van der Waals surface area contributed by atoms with Gasteiger partial charge in [0.2, 0.25) is 0 Å². The van der Waals surface area contributed by atoms with E-state index < -0.39 is 0 Å². The van der Waals surface area contributed by atoms with Gasteiger partial charge in [0.05, 0.1) is 0 Å². The number of hydrogen-bond acceptors (Lipinski definition) is 0. The van der Waals surface area contributed by atoms with E-state index in [-0.39, 0.29) is 92.5 Å². The Kier molecular flexibility index (Phi) is 256. The summed E-state index contributed by atoms with van der Waals surface area (Å²) in [7, 11) is 0. The minimum Gasteiger partial charge on any atom is 0 e. The molecule has 0 unspecified atom stereocenters. The summed E-state index contributed by atoms with van der Waals surface area (Å²) in [6, 6.07) is 0. The summed E-state index contributed by atoms with van der Waals surface area (Å²) in [5.41, 5.74) is 0. The Morgan fingerprint density at radius 2 is 0.600 bits per heavy atom. The van der Waals surface area contributed by atoms with Crippen LogP contribution in [0.1, 0.15) is 0 Å². The molecule has 5 heavy (non-hydrogen) atoms. The molecule has 0 spiro atoms. The fraction of sp³-hybridized carbons (Fsp3) is 0. The van der Waals surface area contributed by atoms with Gasteiger partial charge in [0.25, 0.3) is 0 Å². The van der Waals surface area contributed by atoms with Crippen LogP contribution in [-0.4, -0.2) is 23.7 Å². The summed E-state index contributed by atoms with van der Waals surface area (Å²) in [5, 5.41) is 0. The minimum absolute atomic E-state index is 0. The van der Waals surface area contributed by atoms with Crippen LogP contribution in [0.25, 0.3) is 0 Å².